The van der Waals surface area contributed by atoms with Gasteiger partial charge < -0.3 is 15.5 Å². The first kappa shape index (κ1) is 22.8. The standard InChI is InChI=1S/C22H24N3O5/c1-22(2,3)30-21(27)24-19(13-15-7-5-4-6-8-15)20(26)18(14-23)16-9-11-17(12-10-16)25(28)29/h4-12,19,28-29H,13H2,1-3H3,(H,24,27)/q-1. The van der Waals surface area contributed by atoms with Crippen molar-refractivity contribution in [2.45, 2.75) is 38.8 Å². The third-order valence-corrected chi connectivity index (χ3v) is 4.04. The lowest BCUT2D eigenvalue weighted by atomic mass is 9.94. The van der Waals surface area contributed by atoms with E-state index in [1.807, 2.05) is 36.2 Å². The molecular formula is C22H24N3O5-. The minimum absolute atomic E-state index is 0.0659. The van der Waals surface area contributed by atoms with E-state index < -0.39 is 23.5 Å². The largest absolute Gasteiger partial charge is 0.763 e. The van der Waals surface area contributed by atoms with Crippen LogP contribution in [0.25, 0.3) is 11.0 Å². The number of amides is 1. The van der Waals surface area contributed by atoms with Gasteiger partial charge in [-0.15, -0.1) is 5.23 Å². The highest BCUT2D eigenvalue weighted by Crippen LogP contribution is 2.20. The summed E-state index contributed by atoms with van der Waals surface area (Å²) in [6.07, 6.45) is -0.593. The van der Waals surface area contributed by atoms with Gasteiger partial charge in [-0.1, -0.05) is 42.5 Å². The Morgan fingerprint density at radius 2 is 1.70 bits per heavy atom. The Hall–Kier alpha value is -3.45. The molecule has 8 nitrogen and oxygen atoms in total. The molecular weight excluding hydrogens is 386 g/mol. The number of nitrogens with one attached hydrogen (secondary N) is 1. The molecule has 0 spiro atoms. The highest BCUT2D eigenvalue weighted by Gasteiger charge is 2.27. The number of rotatable bonds is 7. The van der Waals surface area contributed by atoms with Crippen molar-refractivity contribution in [2.75, 3.05) is 5.23 Å². The normalized spacial score (nSPS) is 11.8. The summed E-state index contributed by atoms with van der Waals surface area (Å²) >= 11 is 0. The van der Waals surface area contributed by atoms with Crippen molar-refractivity contribution in [3.63, 3.8) is 0 Å². The number of benzene rings is 2. The number of ketones is 1. The minimum atomic E-state index is -1.02. The van der Waals surface area contributed by atoms with Crippen molar-refractivity contribution in [2.24, 2.45) is 0 Å². The van der Waals surface area contributed by atoms with E-state index in [-0.39, 0.29) is 28.5 Å². The molecule has 1 atom stereocenters. The lowest BCUT2D eigenvalue weighted by Gasteiger charge is -2.24. The smallest absolute Gasteiger partial charge is 0.408 e. The van der Waals surface area contributed by atoms with Gasteiger partial charge >= 0.3 is 6.09 Å². The minimum Gasteiger partial charge on any atom is -0.763 e. The van der Waals surface area contributed by atoms with Gasteiger partial charge in [0.05, 0.1) is 5.69 Å². The van der Waals surface area contributed by atoms with E-state index in [4.69, 9.17) is 15.2 Å². The molecule has 0 saturated heterocycles. The molecule has 0 aliphatic heterocycles. The molecule has 30 heavy (non-hydrogen) atoms. The monoisotopic (exact) mass is 410 g/mol. The van der Waals surface area contributed by atoms with E-state index in [9.17, 15) is 15.0 Å². The molecule has 3 N–H and O–H groups in total. The molecule has 2 aromatic carbocycles. The molecule has 8 heteroatoms. The van der Waals surface area contributed by atoms with Gasteiger partial charge in [-0.25, -0.2) is 4.79 Å². The summed E-state index contributed by atoms with van der Waals surface area (Å²) in [4.78, 5) is 25.5. The van der Waals surface area contributed by atoms with Gasteiger partial charge in [0.25, 0.3) is 0 Å². The Kier molecular flexibility index (Phi) is 7.49. The topological polar surface area (TPSA) is 121 Å². The number of alkyl carbamates (subject to hydrolysis) is 1. The Balaban J connectivity index is 2.31. The van der Waals surface area contributed by atoms with E-state index in [1.54, 1.807) is 20.8 Å². The average molecular weight is 410 g/mol. The molecule has 0 aliphatic rings. The van der Waals surface area contributed by atoms with Gasteiger partial charge in [-0.05, 0) is 44.0 Å². The summed E-state index contributed by atoms with van der Waals surface area (Å²) in [6.45, 7) is 5.13. The fourth-order valence-corrected chi connectivity index (χ4v) is 2.71. The maximum atomic E-state index is 13.2. The van der Waals surface area contributed by atoms with Gasteiger partial charge in [0.1, 0.15) is 11.6 Å². The van der Waals surface area contributed by atoms with E-state index in [0.717, 1.165) is 5.56 Å². The molecule has 0 bridgehead atoms. The van der Waals surface area contributed by atoms with Crippen molar-refractivity contribution >= 4 is 29.0 Å². The number of carbonyl (C=O) groups excluding carboxylic acids is 2. The van der Waals surface area contributed by atoms with E-state index in [0.29, 0.717) is 0 Å². The molecule has 0 aliphatic carbocycles. The SMILES string of the molecule is CC(C)(C)OC(=O)NC(Cc1ccccc1)C(=O)C(=C=[N-])c1ccc(N(O)O)cc1. The van der Waals surface area contributed by atoms with Gasteiger partial charge in [-0.3, -0.25) is 21.1 Å². The number of ether oxygens (including phenoxy) is 1. The Labute approximate surface area is 174 Å². The van der Waals surface area contributed by atoms with Crippen LogP contribution in [0.2, 0.25) is 0 Å². The molecule has 0 radical (unpaired) electrons. The summed E-state index contributed by atoms with van der Waals surface area (Å²) in [5.41, 5.74) is 0.243. The van der Waals surface area contributed by atoms with Crippen LogP contribution in [-0.2, 0) is 16.0 Å². The fourth-order valence-electron chi connectivity index (χ4n) is 2.71. The second kappa shape index (κ2) is 9.84. The zero-order chi connectivity index (χ0) is 22.3. The molecule has 0 fully saturated rings. The van der Waals surface area contributed by atoms with Crippen molar-refractivity contribution in [3.8, 4) is 0 Å². The number of hydrogen-bond acceptors (Lipinski definition) is 6. The number of Topliss-reactive ketones (excluding diaryl/α,β-unsaturated/α-hetero) is 1. The molecule has 2 rings (SSSR count). The van der Waals surface area contributed by atoms with E-state index in [1.165, 1.54) is 24.3 Å². The van der Waals surface area contributed by atoms with Crippen molar-refractivity contribution in [1.29, 1.82) is 0 Å². The molecule has 0 heterocycles. The van der Waals surface area contributed by atoms with Crippen LogP contribution in [-0.4, -0.2) is 39.8 Å². The number of nitrogens with zero attached hydrogens (tertiary/aromatic N) is 2. The van der Waals surface area contributed by atoms with Crippen LogP contribution < -0.4 is 10.5 Å². The third-order valence-electron chi connectivity index (χ3n) is 4.04. The molecule has 0 aromatic heterocycles. The molecule has 0 saturated carbocycles. The number of anilines is 1. The van der Waals surface area contributed by atoms with Crippen LogP contribution in [0, 0.1) is 0 Å². The maximum Gasteiger partial charge on any atom is 0.408 e. The van der Waals surface area contributed by atoms with Crippen LogP contribution in [0.15, 0.2) is 54.6 Å². The first-order chi connectivity index (χ1) is 14.1. The van der Waals surface area contributed by atoms with E-state index >= 15 is 0 Å². The third kappa shape index (κ3) is 6.56. The van der Waals surface area contributed by atoms with Gasteiger partial charge in [0, 0.05) is 12.0 Å². The van der Waals surface area contributed by atoms with Crippen LogP contribution in [0.4, 0.5) is 10.5 Å². The van der Waals surface area contributed by atoms with Crippen molar-refractivity contribution in [1.82, 2.24) is 5.32 Å². The zero-order valence-corrected chi connectivity index (χ0v) is 17.0. The Morgan fingerprint density at radius 3 is 2.20 bits per heavy atom. The molecule has 158 valence electrons. The van der Waals surface area contributed by atoms with Crippen LogP contribution in [0.5, 0.6) is 0 Å². The first-order valence-electron chi connectivity index (χ1n) is 9.23. The molecule has 1 unspecified atom stereocenters. The van der Waals surface area contributed by atoms with Gasteiger partial charge in [-0.2, -0.15) is 0 Å². The zero-order valence-electron chi connectivity index (χ0n) is 17.0. The quantitative estimate of drug-likeness (QED) is 0.364. The van der Waals surface area contributed by atoms with Gasteiger partial charge in [0.15, 0.2) is 5.78 Å². The Morgan fingerprint density at radius 1 is 1.10 bits per heavy atom. The molecule has 2 aromatic rings. The number of carbonyl (C=O) groups is 2. The van der Waals surface area contributed by atoms with Gasteiger partial charge in [0.2, 0.25) is 0 Å². The summed E-state index contributed by atoms with van der Waals surface area (Å²) in [6, 6.07) is 13.6. The number of hydrogen-bond donors (Lipinski definition) is 3. The average Bonchev–Trinajstić information content (AvgIpc) is 2.67. The first-order valence-corrected chi connectivity index (χ1v) is 9.23. The summed E-state index contributed by atoms with van der Waals surface area (Å²) in [5, 5.41) is 30.2. The van der Waals surface area contributed by atoms with E-state index in [2.05, 4.69) is 5.32 Å². The Bertz CT molecular complexity index is 927. The lowest BCUT2D eigenvalue weighted by Crippen LogP contribution is -2.45. The summed E-state index contributed by atoms with van der Waals surface area (Å²) in [7, 11) is 0. The highest BCUT2D eigenvalue weighted by molar-refractivity contribution is 6.31. The molecule has 1 amide bonds. The van der Waals surface area contributed by atoms with Crippen molar-refractivity contribution < 1.29 is 24.7 Å². The second-order valence-corrected chi connectivity index (χ2v) is 7.58. The lowest BCUT2D eigenvalue weighted by molar-refractivity contribution is -0.115. The second-order valence-electron chi connectivity index (χ2n) is 7.58. The van der Waals surface area contributed by atoms with Crippen molar-refractivity contribution in [3.05, 3.63) is 71.1 Å². The van der Waals surface area contributed by atoms with Crippen LogP contribution in [0.1, 0.15) is 31.9 Å². The summed E-state index contributed by atoms with van der Waals surface area (Å²) in [5.74, 6) is 1.31. The van der Waals surface area contributed by atoms with Crippen LogP contribution >= 0.6 is 0 Å². The van der Waals surface area contributed by atoms with Crippen LogP contribution in [0.3, 0.4) is 0 Å². The maximum absolute atomic E-state index is 13.2. The predicted octanol–water partition coefficient (Wildman–Crippen LogP) is 3.60. The summed E-state index contributed by atoms with van der Waals surface area (Å²) < 4.78 is 5.26. The fraction of sp³-hybridized carbons (Fsp3) is 0.273. The predicted molar refractivity (Wildman–Crippen MR) is 113 cm³/mol. The highest BCUT2D eigenvalue weighted by atomic mass is 16.8.